The van der Waals surface area contributed by atoms with Crippen LogP contribution in [0.4, 0.5) is 10.1 Å². The van der Waals surface area contributed by atoms with Crippen LogP contribution >= 0.6 is 0 Å². The van der Waals surface area contributed by atoms with E-state index in [0.717, 1.165) is 34.2 Å². The fourth-order valence-electron chi connectivity index (χ4n) is 3.27. The van der Waals surface area contributed by atoms with E-state index in [0.29, 0.717) is 0 Å². The average molecular weight is 478 g/mol. The lowest BCUT2D eigenvalue weighted by molar-refractivity contribution is -0.139. The minimum absolute atomic E-state index is 0.0821. The average Bonchev–Trinajstić information content (AvgIpc) is 2.76. The van der Waals surface area contributed by atoms with E-state index in [1.165, 1.54) is 23.1 Å². The normalized spacial score (nSPS) is 13.2. The smallest absolute Gasteiger partial charge is 0.244 e. The summed E-state index contributed by atoms with van der Waals surface area (Å²) in [7, 11) is -3.97. The molecule has 2 rings (SSSR count). The molecule has 2 atom stereocenters. The number of halogens is 1. The zero-order valence-electron chi connectivity index (χ0n) is 19.7. The van der Waals surface area contributed by atoms with E-state index in [1.54, 1.807) is 6.92 Å². The SMILES string of the molecule is CC[C@@H](C)NC(=O)[C@@H](C)N(Cc1ccccc1C)C(=O)CN(c1ccccc1F)S(C)(=O)=O. The van der Waals surface area contributed by atoms with Crippen molar-refractivity contribution in [2.24, 2.45) is 0 Å². The Hall–Kier alpha value is -2.94. The van der Waals surface area contributed by atoms with Gasteiger partial charge in [0.25, 0.3) is 0 Å². The van der Waals surface area contributed by atoms with Gasteiger partial charge in [0, 0.05) is 12.6 Å². The number of hydrogen-bond acceptors (Lipinski definition) is 4. The van der Waals surface area contributed by atoms with E-state index in [9.17, 15) is 22.4 Å². The van der Waals surface area contributed by atoms with Crippen LogP contribution in [0.3, 0.4) is 0 Å². The van der Waals surface area contributed by atoms with Crippen LogP contribution in [-0.2, 0) is 26.2 Å². The molecule has 0 saturated carbocycles. The summed E-state index contributed by atoms with van der Waals surface area (Å²) < 4.78 is 40.0. The molecule has 0 aliphatic heterocycles. The van der Waals surface area contributed by atoms with Gasteiger partial charge in [0.15, 0.2) is 0 Å². The summed E-state index contributed by atoms with van der Waals surface area (Å²) >= 11 is 0. The Morgan fingerprint density at radius 2 is 1.67 bits per heavy atom. The van der Waals surface area contributed by atoms with Gasteiger partial charge in [-0.25, -0.2) is 12.8 Å². The molecule has 9 heteroatoms. The van der Waals surface area contributed by atoms with Crippen molar-refractivity contribution in [3.05, 3.63) is 65.5 Å². The Kier molecular flexibility index (Phi) is 8.99. The molecule has 0 saturated heterocycles. The van der Waals surface area contributed by atoms with Crippen LogP contribution in [0.25, 0.3) is 0 Å². The molecule has 0 heterocycles. The Bertz CT molecular complexity index is 1090. The zero-order valence-corrected chi connectivity index (χ0v) is 20.5. The molecule has 2 aromatic rings. The topological polar surface area (TPSA) is 86.8 Å². The van der Waals surface area contributed by atoms with Crippen molar-refractivity contribution in [3.8, 4) is 0 Å². The van der Waals surface area contributed by atoms with Crippen LogP contribution in [0.2, 0.25) is 0 Å². The molecule has 0 radical (unpaired) electrons. The molecular formula is C24H32FN3O4S. The van der Waals surface area contributed by atoms with Gasteiger partial charge in [-0.3, -0.25) is 13.9 Å². The molecular weight excluding hydrogens is 445 g/mol. The first-order valence-electron chi connectivity index (χ1n) is 10.8. The maximum atomic E-state index is 14.4. The monoisotopic (exact) mass is 477 g/mol. The molecule has 1 N–H and O–H groups in total. The molecule has 0 spiro atoms. The van der Waals surface area contributed by atoms with Crippen molar-refractivity contribution in [2.45, 2.75) is 52.7 Å². The van der Waals surface area contributed by atoms with Crippen molar-refractivity contribution in [1.82, 2.24) is 10.2 Å². The largest absolute Gasteiger partial charge is 0.352 e. The molecule has 0 aliphatic carbocycles. The first-order chi connectivity index (χ1) is 15.5. The van der Waals surface area contributed by atoms with E-state index < -0.39 is 34.3 Å². The highest BCUT2D eigenvalue weighted by atomic mass is 32.2. The van der Waals surface area contributed by atoms with E-state index in [2.05, 4.69) is 5.32 Å². The fraction of sp³-hybridized carbons (Fsp3) is 0.417. The summed E-state index contributed by atoms with van der Waals surface area (Å²) in [6.45, 7) is 6.76. The third kappa shape index (κ3) is 7.02. The molecule has 33 heavy (non-hydrogen) atoms. The third-order valence-corrected chi connectivity index (χ3v) is 6.70. The quantitative estimate of drug-likeness (QED) is 0.569. The van der Waals surface area contributed by atoms with Crippen molar-refractivity contribution in [3.63, 3.8) is 0 Å². The first kappa shape index (κ1) is 26.3. The van der Waals surface area contributed by atoms with Crippen molar-refractivity contribution in [1.29, 1.82) is 0 Å². The number of carbonyl (C=O) groups is 2. The van der Waals surface area contributed by atoms with Crippen molar-refractivity contribution < 1.29 is 22.4 Å². The van der Waals surface area contributed by atoms with Gasteiger partial charge in [-0.05, 0) is 50.5 Å². The zero-order chi connectivity index (χ0) is 24.8. The Morgan fingerprint density at radius 3 is 2.24 bits per heavy atom. The van der Waals surface area contributed by atoms with Crippen LogP contribution in [0.15, 0.2) is 48.5 Å². The standard InChI is InChI=1S/C24H32FN3O4S/c1-6-18(3)26-24(30)19(4)27(15-20-12-8-7-11-17(20)2)23(29)16-28(33(5,31)32)22-14-10-9-13-21(22)25/h7-14,18-19H,6,15-16H2,1-5H3,(H,26,30)/t18-,19-/m1/s1. The molecule has 0 aromatic heterocycles. The number of sulfonamides is 1. The lowest BCUT2D eigenvalue weighted by Gasteiger charge is -2.32. The molecule has 0 aliphatic rings. The second-order valence-corrected chi connectivity index (χ2v) is 10.1. The summed E-state index contributed by atoms with van der Waals surface area (Å²) in [5, 5.41) is 2.86. The molecule has 0 bridgehead atoms. The van der Waals surface area contributed by atoms with E-state index in [1.807, 2.05) is 45.0 Å². The highest BCUT2D eigenvalue weighted by Crippen LogP contribution is 2.22. The minimum atomic E-state index is -3.97. The number of hydrogen-bond donors (Lipinski definition) is 1. The van der Waals surface area contributed by atoms with Crippen molar-refractivity contribution in [2.75, 3.05) is 17.1 Å². The number of nitrogens with zero attached hydrogens (tertiary/aromatic N) is 2. The second kappa shape index (κ2) is 11.3. The third-order valence-electron chi connectivity index (χ3n) is 5.57. The van der Waals surface area contributed by atoms with Gasteiger partial charge in [-0.1, -0.05) is 43.3 Å². The first-order valence-corrected chi connectivity index (χ1v) is 12.7. The van der Waals surface area contributed by atoms with Gasteiger partial charge in [0.1, 0.15) is 18.4 Å². The van der Waals surface area contributed by atoms with Crippen LogP contribution in [0.5, 0.6) is 0 Å². The van der Waals surface area contributed by atoms with Gasteiger partial charge in [-0.2, -0.15) is 0 Å². The minimum Gasteiger partial charge on any atom is -0.352 e. The number of aryl methyl sites for hydroxylation is 1. The van der Waals surface area contributed by atoms with Gasteiger partial charge >= 0.3 is 0 Å². The molecule has 0 fully saturated rings. The highest BCUT2D eigenvalue weighted by molar-refractivity contribution is 7.92. The van der Waals surface area contributed by atoms with Gasteiger partial charge < -0.3 is 10.2 Å². The lowest BCUT2D eigenvalue weighted by Crippen LogP contribution is -2.52. The number of nitrogens with one attached hydrogen (secondary N) is 1. The fourth-order valence-corrected chi connectivity index (χ4v) is 4.12. The molecule has 0 unspecified atom stereocenters. The van der Waals surface area contributed by atoms with Gasteiger partial charge in [0.05, 0.1) is 11.9 Å². The van der Waals surface area contributed by atoms with Gasteiger partial charge in [-0.15, -0.1) is 0 Å². The maximum Gasteiger partial charge on any atom is 0.244 e. The highest BCUT2D eigenvalue weighted by Gasteiger charge is 2.31. The number of anilines is 1. The summed E-state index contributed by atoms with van der Waals surface area (Å²) in [5.41, 5.74) is 1.53. The summed E-state index contributed by atoms with van der Waals surface area (Å²) in [4.78, 5) is 27.6. The van der Waals surface area contributed by atoms with Crippen LogP contribution in [0, 0.1) is 12.7 Å². The summed E-state index contributed by atoms with van der Waals surface area (Å²) in [6.07, 6.45) is 1.64. The lowest BCUT2D eigenvalue weighted by atomic mass is 10.1. The van der Waals surface area contributed by atoms with E-state index in [-0.39, 0.29) is 24.2 Å². The Balaban J connectivity index is 2.41. The molecule has 2 amide bonds. The number of para-hydroxylation sites is 1. The number of rotatable bonds is 10. The summed E-state index contributed by atoms with van der Waals surface area (Å²) in [6, 6.07) is 11.9. The van der Waals surface area contributed by atoms with Crippen LogP contribution in [0.1, 0.15) is 38.3 Å². The van der Waals surface area contributed by atoms with E-state index in [4.69, 9.17) is 0 Å². The molecule has 2 aromatic carbocycles. The van der Waals surface area contributed by atoms with Crippen molar-refractivity contribution >= 4 is 27.5 Å². The predicted octanol–water partition coefficient (Wildman–Crippen LogP) is 3.23. The predicted molar refractivity (Wildman–Crippen MR) is 128 cm³/mol. The maximum absolute atomic E-state index is 14.4. The van der Waals surface area contributed by atoms with Crippen LogP contribution in [-0.4, -0.2) is 50.0 Å². The Morgan fingerprint density at radius 1 is 1.06 bits per heavy atom. The molecule has 180 valence electrons. The Labute approximate surface area is 195 Å². The van der Waals surface area contributed by atoms with E-state index >= 15 is 0 Å². The number of benzene rings is 2. The van der Waals surface area contributed by atoms with Gasteiger partial charge in [0.2, 0.25) is 21.8 Å². The summed E-state index contributed by atoms with van der Waals surface area (Å²) in [5.74, 6) is -1.72. The van der Waals surface area contributed by atoms with Crippen LogP contribution < -0.4 is 9.62 Å². The number of carbonyl (C=O) groups excluding carboxylic acids is 2. The molecule has 7 nitrogen and oxygen atoms in total. The second-order valence-electron chi connectivity index (χ2n) is 8.16. The number of amides is 2.